The van der Waals surface area contributed by atoms with Crippen LogP contribution in [0.1, 0.15) is 0 Å². The molecule has 3 aromatic carbocycles. The lowest BCUT2D eigenvalue weighted by molar-refractivity contribution is -0.132. The first-order chi connectivity index (χ1) is 16.7. The van der Waals surface area contributed by atoms with Gasteiger partial charge >= 0.3 is 0 Å². The van der Waals surface area contributed by atoms with Crippen molar-refractivity contribution in [3.8, 4) is 11.3 Å². The van der Waals surface area contributed by atoms with E-state index in [9.17, 15) is 9.18 Å². The Morgan fingerprint density at radius 2 is 1.59 bits per heavy atom. The van der Waals surface area contributed by atoms with Gasteiger partial charge in [0.2, 0.25) is 5.91 Å². The summed E-state index contributed by atoms with van der Waals surface area (Å²) in [5, 5.41) is 5.75. The summed E-state index contributed by atoms with van der Waals surface area (Å²) in [5.41, 5.74) is 4.97. The van der Waals surface area contributed by atoms with Gasteiger partial charge in [-0.3, -0.25) is 9.48 Å². The van der Waals surface area contributed by atoms with Crippen LogP contribution in [0.15, 0.2) is 83.3 Å². The van der Waals surface area contributed by atoms with Crippen molar-refractivity contribution in [2.45, 2.75) is 6.54 Å². The monoisotopic (exact) mass is 454 g/mol. The normalized spacial score (nSPS) is 14.3. The third-order valence-corrected chi connectivity index (χ3v) is 6.42. The number of benzene rings is 3. The molecule has 1 aliphatic rings. The minimum Gasteiger partial charge on any atom is -0.452 e. The van der Waals surface area contributed by atoms with Crippen LogP contribution in [0.3, 0.4) is 0 Å². The Hall–Kier alpha value is -4.13. The molecular formula is C27H23FN4O2. The molecule has 1 amide bonds. The van der Waals surface area contributed by atoms with Crippen LogP contribution in [0, 0.1) is 5.82 Å². The molecule has 0 saturated carbocycles. The van der Waals surface area contributed by atoms with Crippen LogP contribution < -0.4 is 4.90 Å². The van der Waals surface area contributed by atoms with Crippen molar-refractivity contribution in [3.05, 3.63) is 84.7 Å². The van der Waals surface area contributed by atoms with Gasteiger partial charge in [0.1, 0.15) is 29.2 Å². The fraction of sp³-hybridized carbons (Fsp3) is 0.185. The van der Waals surface area contributed by atoms with E-state index in [-0.39, 0.29) is 18.3 Å². The molecule has 0 unspecified atom stereocenters. The SMILES string of the molecule is O=C(Cn1nc(-c2ccccc2)c2oc3ccccc3c21)N1CCN(c2ccc(F)cc2)CC1. The second-order valence-electron chi connectivity index (χ2n) is 8.49. The maximum atomic E-state index is 13.3. The van der Waals surface area contributed by atoms with Gasteiger partial charge in [-0.2, -0.15) is 5.10 Å². The molecule has 34 heavy (non-hydrogen) atoms. The molecule has 2 aromatic heterocycles. The summed E-state index contributed by atoms with van der Waals surface area (Å²) >= 11 is 0. The molecule has 6 rings (SSSR count). The Bertz CT molecular complexity index is 1470. The molecule has 0 N–H and O–H groups in total. The van der Waals surface area contributed by atoms with Crippen LogP contribution in [0.25, 0.3) is 33.3 Å². The number of halogens is 1. The highest BCUT2D eigenvalue weighted by molar-refractivity contribution is 6.07. The zero-order valence-electron chi connectivity index (χ0n) is 18.5. The van der Waals surface area contributed by atoms with Gasteiger partial charge in [-0.15, -0.1) is 0 Å². The molecule has 1 saturated heterocycles. The van der Waals surface area contributed by atoms with Crippen LogP contribution in [0.5, 0.6) is 0 Å². The van der Waals surface area contributed by atoms with Crippen molar-refractivity contribution >= 4 is 33.7 Å². The highest BCUT2D eigenvalue weighted by Crippen LogP contribution is 2.35. The fourth-order valence-electron chi connectivity index (χ4n) is 4.66. The number of para-hydroxylation sites is 1. The molecule has 170 valence electrons. The number of nitrogens with zero attached hydrogens (tertiary/aromatic N) is 4. The van der Waals surface area contributed by atoms with E-state index in [0.29, 0.717) is 31.8 Å². The number of aromatic nitrogens is 2. The van der Waals surface area contributed by atoms with Crippen molar-refractivity contribution in [3.63, 3.8) is 0 Å². The van der Waals surface area contributed by atoms with Crippen molar-refractivity contribution in [1.29, 1.82) is 0 Å². The number of hydrogen-bond donors (Lipinski definition) is 0. The summed E-state index contributed by atoms with van der Waals surface area (Å²) in [6, 6.07) is 24.2. The number of piperazine rings is 1. The molecule has 0 aliphatic carbocycles. The maximum absolute atomic E-state index is 13.3. The molecule has 1 aliphatic heterocycles. The summed E-state index contributed by atoms with van der Waals surface area (Å²) in [6.07, 6.45) is 0. The van der Waals surface area contributed by atoms with Gasteiger partial charge in [0.15, 0.2) is 5.58 Å². The zero-order chi connectivity index (χ0) is 23.1. The molecule has 5 aromatic rings. The second-order valence-corrected chi connectivity index (χ2v) is 8.49. The van der Waals surface area contributed by atoms with Crippen LogP contribution in [0.2, 0.25) is 0 Å². The number of hydrogen-bond acceptors (Lipinski definition) is 4. The smallest absolute Gasteiger partial charge is 0.244 e. The van der Waals surface area contributed by atoms with Crippen molar-refractivity contribution < 1.29 is 13.6 Å². The standard InChI is InChI=1S/C27H23FN4O2/c28-20-10-12-21(13-11-20)30-14-16-31(17-15-30)24(33)18-32-26-22-8-4-5-9-23(22)34-27(26)25(29-32)19-6-2-1-3-7-19/h1-13H,14-18H2. The second kappa shape index (κ2) is 8.33. The number of furan rings is 1. The molecule has 0 bridgehead atoms. The number of fused-ring (bicyclic) bond motifs is 3. The first-order valence-corrected chi connectivity index (χ1v) is 11.4. The van der Waals surface area contributed by atoms with Crippen molar-refractivity contribution in [1.82, 2.24) is 14.7 Å². The largest absolute Gasteiger partial charge is 0.452 e. The summed E-state index contributed by atoms with van der Waals surface area (Å²) in [7, 11) is 0. The predicted octanol–water partition coefficient (Wildman–Crippen LogP) is 4.94. The third-order valence-electron chi connectivity index (χ3n) is 6.42. The molecule has 7 heteroatoms. The van der Waals surface area contributed by atoms with E-state index in [1.54, 1.807) is 16.8 Å². The van der Waals surface area contributed by atoms with E-state index in [4.69, 9.17) is 9.52 Å². The molecule has 1 fully saturated rings. The Balaban J connectivity index is 1.27. The van der Waals surface area contributed by atoms with Gasteiger partial charge in [-0.1, -0.05) is 42.5 Å². The maximum Gasteiger partial charge on any atom is 0.244 e. The zero-order valence-corrected chi connectivity index (χ0v) is 18.5. The fourth-order valence-corrected chi connectivity index (χ4v) is 4.66. The lowest BCUT2D eigenvalue weighted by Crippen LogP contribution is -2.49. The highest BCUT2D eigenvalue weighted by atomic mass is 19.1. The van der Waals surface area contributed by atoms with Crippen molar-refractivity contribution in [2.24, 2.45) is 0 Å². The van der Waals surface area contributed by atoms with Gasteiger partial charge in [-0.25, -0.2) is 4.39 Å². The van der Waals surface area contributed by atoms with Gasteiger partial charge < -0.3 is 14.2 Å². The summed E-state index contributed by atoms with van der Waals surface area (Å²) in [5.74, 6) is -0.224. The van der Waals surface area contributed by atoms with Crippen LogP contribution in [0.4, 0.5) is 10.1 Å². The summed E-state index contributed by atoms with van der Waals surface area (Å²) in [4.78, 5) is 17.3. The van der Waals surface area contributed by atoms with Gasteiger partial charge in [0.05, 0.1) is 0 Å². The van der Waals surface area contributed by atoms with E-state index in [1.807, 2.05) is 59.5 Å². The molecule has 0 radical (unpaired) electrons. The molecule has 0 spiro atoms. The average molecular weight is 455 g/mol. The number of carbonyl (C=O) groups is 1. The quantitative estimate of drug-likeness (QED) is 0.386. The Labute approximate surface area is 195 Å². The van der Waals surface area contributed by atoms with Gasteiger partial charge in [0.25, 0.3) is 0 Å². The topological polar surface area (TPSA) is 54.5 Å². The highest BCUT2D eigenvalue weighted by Gasteiger charge is 2.25. The predicted molar refractivity (Wildman–Crippen MR) is 130 cm³/mol. The molecule has 0 atom stereocenters. The lowest BCUT2D eigenvalue weighted by Gasteiger charge is -2.36. The van der Waals surface area contributed by atoms with E-state index >= 15 is 0 Å². The Kier molecular flexibility index (Phi) is 5.02. The molecule has 6 nitrogen and oxygen atoms in total. The number of carbonyl (C=O) groups excluding carboxylic acids is 1. The first kappa shape index (κ1) is 20.5. The van der Waals surface area contributed by atoms with E-state index in [1.165, 1.54) is 12.1 Å². The molecular weight excluding hydrogens is 431 g/mol. The summed E-state index contributed by atoms with van der Waals surface area (Å²) < 4.78 is 21.2. The van der Waals surface area contributed by atoms with E-state index in [2.05, 4.69) is 4.90 Å². The number of rotatable bonds is 4. The minimum atomic E-state index is -0.246. The van der Waals surface area contributed by atoms with Gasteiger partial charge in [-0.05, 0) is 36.4 Å². The number of anilines is 1. The third kappa shape index (κ3) is 3.59. The van der Waals surface area contributed by atoms with Crippen molar-refractivity contribution in [2.75, 3.05) is 31.1 Å². The molecule has 3 heterocycles. The Morgan fingerprint density at radius 3 is 2.35 bits per heavy atom. The summed E-state index contributed by atoms with van der Waals surface area (Å²) in [6.45, 7) is 2.77. The van der Waals surface area contributed by atoms with Crippen LogP contribution in [-0.4, -0.2) is 46.8 Å². The minimum absolute atomic E-state index is 0.0213. The van der Waals surface area contributed by atoms with Gasteiger partial charge in [0, 0.05) is 42.8 Å². The van der Waals surface area contributed by atoms with Crippen LogP contribution in [-0.2, 0) is 11.3 Å². The van der Waals surface area contributed by atoms with Crippen LogP contribution >= 0.6 is 0 Å². The lowest BCUT2D eigenvalue weighted by atomic mass is 10.1. The average Bonchev–Trinajstić information content (AvgIpc) is 3.43. The first-order valence-electron chi connectivity index (χ1n) is 11.4. The number of amides is 1. The Morgan fingerprint density at radius 1 is 0.882 bits per heavy atom. The van der Waals surface area contributed by atoms with E-state index < -0.39 is 0 Å². The van der Waals surface area contributed by atoms with E-state index in [0.717, 1.165) is 33.4 Å².